The van der Waals surface area contributed by atoms with Crippen LogP contribution in [0.3, 0.4) is 0 Å². The van der Waals surface area contributed by atoms with Crippen molar-refractivity contribution in [3.05, 3.63) is 22.2 Å². The minimum Gasteiger partial charge on any atom is -0.493 e. The Balaban J connectivity index is 2.86. The number of ether oxygens (including phenoxy) is 2. The molecule has 0 saturated carbocycles. The van der Waals surface area contributed by atoms with Crippen LogP contribution < -0.4 is 9.47 Å². The molecule has 0 aliphatic carbocycles. The lowest BCUT2D eigenvalue weighted by Crippen LogP contribution is -2.07. The topological polar surface area (TPSA) is 55.8 Å². The molecule has 19 heavy (non-hydrogen) atoms. The smallest absolute Gasteiger partial charge is 0.303 e. The van der Waals surface area contributed by atoms with Gasteiger partial charge in [-0.05, 0) is 44.4 Å². The maximum Gasteiger partial charge on any atom is 0.303 e. The molecule has 106 valence electrons. The first-order chi connectivity index (χ1) is 8.93. The third kappa shape index (κ3) is 5.11. The van der Waals surface area contributed by atoms with E-state index < -0.39 is 5.97 Å². The summed E-state index contributed by atoms with van der Waals surface area (Å²) in [6.07, 6.45) is 1.52. The Morgan fingerprint density at radius 1 is 1.37 bits per heavy atom. The molecule has 0 saturated heterocycles. The lowest BCUT2D eigenvalue weighted by Gasteiger charge is -2.16. The van der Waals surface area contributed by atoms with Crippen LogP contribution in [-0.4, -0.2) is 24.3 Å². The first-order valence-electron chi connectivity index (χ1n) is 6.19. The number of benzene rings is 1. The van der Waals surface area contributed by atoms with Gasteiger partial charge in [0, 0.05) is 10.9 Å². The Morgan fingerprint density at radius 2 is 2.05 bits per heavy atom. The second kappa shape index (κ2) is 7.38. The van der Waals surface area contributed by atoms with Gasteiger partial charge in [0.1, 0.15) is 0 Å². The van der Waals surface area contributed by atoms with E-state index in [0.29, 0.717) is 24.3 Å². The Labute approximate surface area is 121 Å². The predicted molar refractivity (Wildman–Crippen MR) is 77.0 cm³/mol. The van der Waals surface area contributed by atoms with Crippen LogP contribution in [0.2, 0.25) is 0 Å². The monoisotopic (exact) mass is 330 g/mol. The molecule has 0 fully saturated rings. The fraction of sp³-hybridized carbons (Fsp3) is 0.500. The molecular weight excluding hydrogens is 312 g/mol. The lowest BCUT2D eigenvalue weighted by molar-refractivity contribution is -0.137. The molecule has 0 unspecified atom stereocenters. The van der Waals surface area contributed by atoms with Crippen LogP contribution in [0.5, 0.6) is 11.5 Å². The van der Waals surface area contributed by atoms with Crippen molar-refractivity contribution in [3.8, 4) is 11.5 Å². The fourth-order valence-electron chi connectivity index (χ4n) is 1.70. The number of hydrogen-bond donors (Lipinski definition) is 1. The van der Waals surface area contributed by atoms with E-state index in [0.717, 1.165) is 10.0 Å². The average molecular weight is 331 g/mol. The highest BCUT2D eigenvalue weighted by Gasteiger charge is 2.11. The van der Waals surface area contributed by atoms with Crippen molar-refractivity contribution < 1.29 is 19.4 Å². The third-order valence-corrected chi connectivity index (χ3v) is 3.27. The van der Waals surface area contributed by atoms with Gasteiger partial charge in [-0.1, -0.05) is 15.9 Å². The number of carboxylic acid groups (broad SMARTS) is 1. The van der Waals surface area contributed by atoms with Gasteiger partial charge >= 0.3 is 5.97 Å². The maximum absolute atomic E-state index is 10.5. The number of hydrogen-bond acceptors (Lipinski definition) is 3. The molecule has 0 amide bonds. The van der Waals surface area contributed by atoms with Gasteiger partial charge < -0.3 is 14.6 Å². The molecule has 1 rings (SSSR count). The summed E-state index contributed by atoms with van der Waals surface area (Å²) in [7, 11) is 1.59. The molecule has 4 nitrogen and oxygen atoms in total. The van der Waals surface area contributed by atoms with E-state index in [4.69, 9.17) is 14.6 Å². The van der Waals surface area contributed by atoms with Crippen molar-refractivity contribution in [1.82, 2.24) is 0 Å². The van der Waals surface area contributed by atoms with E-state index in [2.05, 4.69) is 15.9 Å². The molecule has 0 bridgehead atoms. The second-order valence-corrected chi connectivity index (χ2v) is 5.36. The second-order valence-electron chi connectivity index (χ2n) is 4.51. The van der Waals surface area contributed by atoms with Gasteiger partial charge in [-0.3, -0.25) is 4.79 Å². The maximum atomic E-state index is 10.5. The molecule has 0 aromatic heterocycles. The highest BCUT2D eigenvalue weighted by molar-refractivity contribution is 9.10. The van der Waals surface area contributed by atoms with E-state index in [-0.39, 0.29) is 12.5 Å². The van der Waals surface area contributed by atoms with Crippen molar-refractivity contribution >= 4 is 21.9 Å². The van der Waals surface area contributed by atoms with Crippen LogP contribution in [0.15, 0.2) is 16.6 Å². The summed E-state index contributed by atoms with van der Waals surface area (Å²) in [5.74, 6) is 0.580. The van der Waals surface area contributed by atoms with E-state index in [9.17, 15) is 4.79 Å². The first kappa shape index (κ1) is 15.8. The minimum absolute atomic E-state index is 0.0682. The van der Waals surface area contributed by atoms with E-state index in [1.165, 1.54) is 0 Å². The van der Waals surface area contributed by atoms with E-state index >= 15 is 0 Å². The Morgan fingerprint density at radius 3 is 2.58 bits per heavy atom. The Hall–Kier alpha value is -1.23. The molecule has 0 aliphatic heterocycles. The number of carbonyl (C=O) groups is 1. The average Bonchev–Trinajstić information content (AvgIpc) is 2.30. The van der Waals surface area contributed by atoms with Gasteiger partial charge in [-0.25, -0.2) is 0 Å². The van der Waals surface area contributed by atoms with Crippen LogP contribution >= 0.6 is 15.9 Å². The molecule has 0 aliphatic rings. The van der Waals surface area contributed by atoms with Crippen LogP contribution in [-0.2, 0) is 11.2 Å². The van der Waals surface area contributed by atoms with Crippen molar-refractivity contribution in [2.75, 3.05) is 7.11 Å². The Bertz CT molecular complexity index is 443. The summed E-state index contributed by atoms with van der Waals surface area (Å²) in [5, 5.41) is 8.65. The molecule has 1 aromatic carbocycles. The van der Waals surface area contributed by atoms with Gasteiger partial charge in [0.05, 0.1) is 13.2 Å². The largest absolute Gasteiger partial charge is 0.493 e. The third-order valence-electron chi connectivity index (χ3n) is 2.53. The molecule has 1 N–H and O–H groups in total. The van der Waals surface area contributed by atoms with Gasteiger partial charge in [-0.15, -0.1) is 0 Å². The highest BCUT2D eigenvalue weighted by atomic mass is 79.9. The summed E-state index contributed by atoms with van der Waals surface area (Å²) < 4.78 is 11.9. The van der Waals surface area contributed by atoms with Crippen LogP contribution in [0.4, 0.5) is 0 Å². The molecule has 0 radical (unpaired) electrons. The highest BCUT2D eigenvalue weighted by Crippen LogP contribution is 2.34. The number of aliphatic carboxylic acids is 1. The van der Waals surface area contributed by atoms with Gasteiger partial charge in [0.2, 0.25) is 0 Å². The fourth-order valence-corrected chi connectivity index (χ4v) is 2.23. The van der Waals surface area contributed by atoms with Gasteiger partial charge in [-0.2, -0.15) is 0 Å². The first-order valence-corrected chi connectivity index (χ1v) is 6.98. The summed E-state index contributed by atoms with van der Waals surface area (Å²) in [4.78, 5) is 10.5. The normalized spacial score (nSPS) is 10.6. The van der Waals surface area contributed by atoms with Crippen molar-refractivity contribution in [3.63, 3.8) is 0 Å². The zero-order valence-corrected chi connectivity index (χ0v) is 13.0. The number of rotatable bonds is 7. The lowest BCUT2D eigenvalue weighted by atomic mass is 10.1. The Kier molecular flexibility index (Phi) is 6.15. The van der Waals surface area contributed by atoms with E-state index in [1.807, 2.05) is 26.0 Å². The minimum atomic E-state index is -0.775. The van der Waals surface area contributed by atoms with Gasteiger partial charge in [0.25, 0.3) is 0 Å². The van der Waals surface area contributed by atoms with Crippen LogP contribution in [0.25, 0.3) is 0 Å². The van der Waals surface area contributed by atoms with Crippen molar-refractivity contribution in [2.24, 2.45) is 0 Å². The van der Waals surface area contributed by atoms with Crippen LogP contribution in [0.1, 0.15) is 32.3 Å². The van der Waals surface area contributed by atoms with Crippen molar-refractivity contribution in [2.45, 2.75) is 39.2 Å². The molecular formula is C14H19BrO4. The summed E-state index contributed by atoms with van der Waals surface area (Å²) in [6.45, 7) is 3.90. The standard InChI is InChI=1S/C14H19BrO4/c1-9(2)19-13-8-11(15)10(7-12(13)18-3)5-4-6-14(16)17/h7-9H,4-6H2,1-3H3,(H,16,17). The quantitative estimate of drug-likeness (QED) is 0.829. The van der Waals surface area contributed by atoms with Crippen LogP contribution in [0, 0.1) is 0 Å². The van der Waals surface area contributed by atoms with E-state index in [1.54, 1.807) is 7.11 Å². The molecule has 0 atom stereocenters. The zero-order valence-electron chi connectivity index (χ0n) is 11.4. The summed E-state index contributed by atoms with van der Waals surface area (Å²) in [5.41, 5.74) is 1.02. The molecule has 5 heteroatoms. The summed E-state index contributed by atoms with van der Waals surface area (Å²) >= 11 is 3.48. The molecule has 0 spiro atoms. The number of carboxylic acids is 1. The zero-order chi connectivity index (χ0) is 14.4. The molecule has 0 heterocycles. The number of halogens is 1. The SMILES string of the molecule is COc1cc(CCCC(=O)O)c(Br)cc1OC(C)C. The van der Waals surface area contributed by atoms with Gasteiger partial charge in [0.15, 0.2) is 11.5 Å². The summed E-state index contributed by atoms with van der Waals surface area (Å²) in [6, 6.07) is 3.76. The molecule has 1 aromatic rings. The number of aryl methyl sites for hydroxylation is 1. The predicted octanol–water partition coefficient (Wildman–Crippen LogP) is 3.65. The number of methoxy groups -OCH3 is 1. The van der Waals surface area contributed by atoms with Crippen molar-refractivity contribution in [1.29, 1.82) is 0 Å².